The topological polar surface area (TPSA) is 47.6 Å². The van der Waals surface area contributed by atoms with Crippen molar-refractivity contribution in [3.8, 4) is 0 Å². The molecule has 1 heterocycles. The summed E-state index contributed by atoms with van der Waals surface area (Å²) in [6, 6.07) is 0. The third kappa shape index (κ3) is 0.949. The van der Waals surface area contributed by atoms with Crippen LogP contribution in [0.5, 0.6) is 0 Å². The molecular weight excluding hydrogens is 111 g/mol. The molecule has 8 heavy (non-hydrogen) atoms. The molecule has 0 aromatic heterocycles. The predicted octanol–water partition coefficient (Wildman–Crippen LogP) is -0.331. The molecule has 0 radical (unpaired) electrons. The maximum Gasteiger partial charge on any atom is 0.234 e. The van der Waals surface area contributed by atoms with Gasteiger partial charge in [0.05, 0.1) is 6.54 Å². The summed E-state index contributed by atoms with van der Waals surface area (Å²) in [6.07, 6.45) is -1.53. The minimum Gasteiger partial charge on any atom is -0.476 e. The van der Waals surface area contributed by atoms with Gasteiger partial charge in [-0.15, -0.1) is 0 Å². The van der Waals surface area contributed by atoms with E-state index in [4.69, 9.17) is 5.73 Å². The van der Waals surface area contributed by atoms with Crippen LogP contribution in [0.1, 0.15) is 0 Å². The Balaban J connectivity index is 2.45. The predicted molar refractivity (Wildman–Crippen MR) is 27.3 cm³/mol. The molecule has 0 aromatic rings. The molecule has 1 atom stereocenters. The van der Waals surface area contributed by atoms with Gasteiger partial charge in [-0.25, -0.2) is 9.38 Å². The molecule has 1 aliphatic rings. The number of halogens is 1. The second-order valence-corrected chi connectivity index (χ2v) is 1.47. The van der Waals surface area contributed by atoms with Crippen molar-refractivity contribution < 1.29 is 9.13 Å². The van der Waals surface area contributed by atoms with E-state index in [2.05, 4.69) is 9.73 Å². The summed E-state index contributed by atoms with van der Waals surface area (Å²) in [7, 11) is 0. The summed E-state index contributed by atoms with van der Waals surface area (Å²) in [6.45, 7) is 1.000. The molecule has 0 amide bonds. The maximum atomic E-state index is 11.9. The lowest BCUT2D eigenvalue weighted by Crippen LogP contribution is -2.25. The van der Waals surface area contributed by atoms with Crippen LogP contribution in [0.3, 0.4) is 0 Å². The van der Waals surface area contributed by atoms with Crippen molar-refractivity contribution in [2.45, 2.75) is 6.30 Å². The Morgan fingerprint density at radius 2 is 2.62 bits per heavy atom. The lowest BCUT2D eigenvalue weighted by Gasteiger charge is -1.98. The normalized spacial score (nSPS) is 22.0. The van der Waals surface area contributed by atoms with E-state index < -0.39 is 6.30 Å². The molecule has 0 bridgehead atoms. The van der Waals surface area contributed by atoms with E-state index in [1.165, 1.54) is 0 Å². The molecule has 4 heteroatoms. The van der Waals surface area contributed by atoms with Crippen molar-refractivity contribution in [3.05, 3.63) is 0 Å². The number of nitrogens with zero attached hydrogens (tertiary/aromatic N) is 1. The van der Waals surface area contributed by atoms with Crippen molar-refractivity contribution in [1.82, 2.24) is 0 Å². The average Bonchev–Trinajstić information content (AvgIpc) is 2.12. The first-order chi connectivity index (χ1) is 3.80. The largest absolute Gasteiger partial charge is 0.476 e. The summed E-state index contributed by atoms with van der Waals surface area (Å²) in [5.74, 6) is 0.0324. The molecule has 1 rings (SSSR count). The third-order valence-corrected chi connectivity index (χ3v) is 0.845. The van der Waals surface area contributed by atoms with Gasteiger partial charge < -0.3 is 4.74 Å². The average molecular weight is 118 g/mol. The van der Waals surface area contributed by atoms with E-state index in [1.807, 2.05) is 0 Å². The van der Waals surface area contributed by atoms with Crippen LogP contribution in [0.15, 0.2) is 4.99 Å². The monoisotopic (exact) mass is 118 g/mol. The summed E-state index contributed by atoms with van der Waals surface area (Å²) < 4.78 is 16.6. The summed E-state index contributed by atoms with van der Waals surface area (Å²) in [4.78, 5) is 3.63. The molecule has 1 unspecified atom stereocenters. The van der Waals surface area contributed by atoms with Gasteiger partial charge in [0.25, 0.3) is 0 Å². The van der Waals surface area contributed by atoms with Crippen LogP contribution < -0.4 is 5.73 Å². The van der Waals surface area contributed by atoms with Crippen LogP contribution in [0, 0.1) is 0 Å². The minimum atomic E-state index is -1.53. The fourth-order valence-electron chi connectivity index (χ4n) is 0.519. The first kappa shape index (κ1) is 5.50. The highest BCUT2D eigenvalue weighted by atomic mass is 19.1. The fourth-order valence-corrected chi connectivity index (χ4v) is 0.519. The molecule has 0 spiro atoms. The minimum absolute atomic E-state index is 0.0324. The van der Waals surface area contributed by atoms with Crippen LogP contribution >= 0.6 is 0 Å². The molecule has 0 saturated heterocycles. The third-order valence-electron chi connectivity index (χ3n) is 0.845. The zero-order valence-corrected chi connectivity index (χ0v) is 4.30. The highest BCUT2D eigenvalue weighted by molar-refractivity contribution is 5.81. The molecule has 1 aliphatic heterocycles. The Hall–Kier alpha value is -0.640. The van der Waals surface area contributed by atoms with Gasteiger partial charge in [0, 0.05) is 0 Å². The zero-order chi connectivity index (χ0) is 5.98. The lowest BCUT2D eigenvalue weighted by atomic mass is 10.6. The van der Waals surface area contributed by atoms with Gasteiger partial charge in [-0.1, -0.05) is 0 Å². The van der Waals surface area contributed by atoms with E-state index in [-0.39, 0.29) is 5.90 Å². The second-order valence-electron chi connectivity index (χ2n) is 1.47. The van der Waals surface area contributed by atoms with Crippen LogP contribution in [0.4, 0.5) is 4.39 Å². The SMILES string of the molecule is NC(F)C1=NCCO1. The molecule has 0 aliphatic carbocycles. The lowest BCUT2D eigenvalue weighted by molar-refractivity contribution is 0.294. The van der Waals surface area contributed by atoms with Crippen molar-refractivity contribution in [3.63, 3.8) is 0 Å². The Kier molecular flexibility index (Phi) is 1.43. The Morgan fingerprint density at radius 3 is 2.88 bits per heavy atom. The number of aliphatic imine (C=N–C) groups is 1. The quantitative estimate of drug-likeness (QED) is 0.479. The van der Waals surface area contributed by atoms with Crippen molar-refractivity contribution in [2.24, 2.45) is 10.7 Å². The van der Waals surface area contributed by atoms with Gasteiger partial charge in [-0.05, 0) is 0 Å². The Labute approximate surface area is 46.3 Å². The van der Waals surface area contributed by atoms with Gasteiger partial charge in [0.1, 0.15) is 6.61 Å². The van der Waals surface area contributed by atoms with E-state index >= 15 is 0 Å². The molecule has 0 fully saturated rings. The van der Waals surface area contributed by atoms with E-state index in [0.717, 1.165) is 0 Å². The van der Waals surface area contributed by atoms with Crippen LogP contribution in [-0.2, 0) is 4.74 Å². The molecular formula is C4H7FN2O. The first-order valence-corrected chi connectivity index (χ1v) is 2.37. The van der Waals surface area contributed by atoms with Gasteiger partial charge >= 0.3 is 0 Å². The highest BCUT2D eigenvalue weighted by Crippen LogP contribution is 1.97. The summed E-state index contributed by atoms with van der Waals surface area (Å²) in [5.41, 5.74) is 4.78. The van der Waals surface area contributed by atoms with Gasteiger partial charge in [-0.3, -0.25) is 5.73 Å². The van der Waals surface area contributed by atoms with Crippen LogP contribution in [-0.4, -0.2) is 25.3 Å². The van der Waals surface area contributed by atoms with E-state index in [1.54, 1.807) is 0 Å². The molecule has 46 valence electrons. The maximum absolute atomic E-state index is 11.9. The first-order valence-electron chi connectivity index (χ1n) is 2.37. The Morgan fingerprint density at radius 1 is 1.88 bits per heavy atom. The number of hydrogen-bond acceptors (Lipinski definition) is 3. The number of ether oxygens (including phenoxy) is 1. The van der Waals surface area contributed by atoms with Crippen molar-refractivity contribution in [2.75, 3.05) is 13.2 Å². The van der Waals surface area contributed by atoms with Gasteiger partial charge in [0.2, 0.25) is 12.2 Å². The highest BCUT2D eigenvalue weighted by Gasteiger charge is 2.13. The molecule has 3 nitrogen and oxygen atoms in total. The van der Waals surface area contributed by atoms with Crippen LogP contribution in [0.2, 0.25) is 0 Å². The molecule has 0 saturated carbocycles. The van der Waals surface area contributed by atoms with E-state index in [0.29, 0.717) is 13.2 Å². The van der Waals surface area contributed by atoms with E-state index in [9.17, 15) is 4.39 Å². The van der Waals surface area contributed by atoms with Crippen LogP contribution in [0.25, 0.3) is 0 Å². The number of nitrogens with two attached hydrogens (primary N) is 1. The number of hydrogen-bond donors (Lipinski definition) is 1. The summed E-state index contributed by atoms with van der Waals surface area (Å²) in [5, 5.41) is 0. The number of alkyl halides is 1. The summed E-state index contributed by atoms with van der Waals surface area (Å²) >= 11 is 0. The smallest absolute Gasteiger partial charge is 0.234 e. The Bertz CT molecular complexity index is 113. The van der Waals surface area contributed by atoms with Gasteiger partial charge in [-0.2, -0.15) is 0 Å². The number of rotatable bonds is 1. The fraction of sp³-hybridized carbons (Fsp3) is 0.750. The second kappa shape index (κ2) is 2.09. The standard InChI is InChI=1S/C4H7FN2O/c5-3(6)4-7-1-2-8-4/h3H,1-2,6H2. The zero-order valence-electron chi connectivity index (χ0n) is 4.30. The van der Waals surface area contributed by atoms with Crippen molar-refractivity contribution >= 4 is 5.90 Å². The van der Waals surface area contributed by atoms with Crippen molar-refractivity contribution in [1.29, 1.82) is 0 Å². The molecule has 0 aromatic carbocycles. The molecule has 2 N–H and O–H groups in total. The van der Waals surface area contributed by atoms with Gasteiger partial charge in [0.15, 0.2) is 0 Å².